The van der Waals surface area contributed by atoms with Gasteiger partial charge in [0.25, 0.3) is 0 Å². The first-order chi connectivity index (χ1) is 7.42. The largest absolute Gasteiger partial charge is 0.483 e. The topological polar surface area (TPSA) is 9.23 Å². The molecule has 0 N–H and O–H groups in total. The fraction of sp³-hybridized carbons (Fsp3) is 0.0769. The Hall–Kier alpha value is -1.03. The Morgan fingerprint density at radius 3 is 2.27 bits per heavy atom. The summed E-state index contributed by atoms with van der Waals surface area (Å²) < 4.78 is 6.25. The third-order valence-electron chi connectivity index (χ3n) is 2.18. The Kier molecular flexibility index (Phi) is 3.61. The molecule has 0 aliphatic carbocycles. The number of halogens is 1. The zero-order chi connectivity index (χ0) is 10.5. The quantitative estimate of drug-likeness (QED) is 0.612. The minimum Gasteiger partial charge on any atom is -0.483 e. The number of benzene rings is 2. The predicted molar refractivity (Wildman–Crippen MR) is 71.4 cm³/mol. The van der Waals surface area contributed by atoms with Crippen molar-refractivity contribution in [3.63, 3.8) is 0 Å². The summed E-state index contributed by atoms with van der Waals surface area (Å²) in [5, 5.41) is 0. The van der Waals surface area contributed by atoms with Gasteiger partial charge in [-0.15, -0.1) is 0 Å². The van der Waals surface area contributed by atoms with Crippen LogP contribution >= 0.6 is 22.6 Å². The van der Waals surface area contributed by atoms with E-state index in [1.165, 1.54) is 5.56 Å². The van der Waals surface area contributed by atoms with Crippen LogP contribution in [0.3, 0.4) is 0 Å². The number of hydrogen-bond acceptors (Lipinski definition) is 1. The maximum atomic E-state index is 5.58. The maximum Gasteiger partial charge on any atom is 0.139 e. The predicted octanol–water partition coefficient (Wildman–Crippen LogP) is 4.12. The minimum absolute atomic E-state index is 0.668. The molecule has 0 aliphatic rings. The summed E-state index contributed by atoms with van der Waals surface area (Å²) in [6.45, 7) is 0. The third-order valence-corrected chi connectivity index (χ3v) is 2.49. The molecule has 0 fully saturated rings. The van der Waals surface area contributed by atoms with Crippen molar-refractivity contribution < 1.29 is 4.74 Å². The fourth-order valence-electron chi connectivity index (χ4n) is 1.51. The maximum absolute atomic E-state index is 5.58. The van der Waals surface area contributed by atoms with E-state index in [2.05, 4.69) is 40.8 Å². The number of hydrogen-bond donors (Lipinski definition) is 0. The summed E-state index contributed by atoms with van der Waals surface area (Å²) in [5.74, 6) is 0.943. The first-order valence-electron chi connectivity index (χ1n) is 4.75. The van der Waals surface area contributed by atoms with Gasteiger partial charge in [-0.2, -0.15) is 0 Å². The summed E-state index contributed by atoms with van der Waals surface area (Å²) in [6.07, 6.45) is 0. The Morgan fingerprint density at radius 1 is 0.867 bits per heavy atom. The molecule has 0 spiro atoms. The summed E-state index contributed by atoms with van der Waals surface area (Å²) in [5.41, 5.74) is 2.34. The molecule has 0 amide bonds. The molecular weight excluding hydrogens is 299 g/mol. The van der Waals surface area contributed by atoms with Crippen LogP contribution in [0.25, 0.3) is 11.1 Å². The molecule has 0 aliphatic heterocycles. The molecule has 2 heteroatoms. The van der Waals surface area contributed by atoms with E-state index in [4.69, 9.17) is 4.74 Å². The van der Waals surface area contributed by atoms with E-state index >= 15 is 0 Å². The van der Waals surface area contributed by atoms with Gasteiger partial charge >= 0.3 is 0 Å². The fourth-order valence-corrected chi connectivity index (χ4v) is 1.84. The third kappa shape index (κ3) is 2.50. The number of ether oxygens (including phenoxy) is 1. The van der Waals surface area contributed by atoms with Crippen LogP contribution in [0.15, 0.2) is 54.6 Å². The van der Waals surface area contributed by atoms with Crippen molar-refractivity contribution in [1.29, 1.82) is 0 Å². The van der Waals surface area contributed by atoms with Gasteiger partial charge < -0.3 is 4.74 Å². The molecule has 0 heterocycles. The molecule has 76 valence electrons. The van der Waals surface area contributed by atoms with E-state index in [9.17, 15) is 0 Å². The van der Waals surface area contributed by atoms with Crippen molar-refractivity contribution in [2.75, 3.05) is 4.61 Å². The molecule has 2 rings (SSSR count). The van der Waals surface area contributed by atoms with Crippen molar-refractivity contribution in [3.05, 3.63) is 54.6 Å². The van der Waals surface area contributed by atoms with Crippen molar-refractivity contribution >= 4 is 22.6 Å². The van der Waals surface area contributed by atoms with Gasteiger partial charge in [0.1, 0.15) is 10.4 Å². The number of alkyl halides is 1. The Morgan fingerprint density at radius 2 is 1.53 bits per heavy atom. The molecule has 2 aromatic rings. The SMILES string of the molecule is ICOc1ccccc1-c1ccccc1. The average Bonchev–Trinajstić information content (AvgIpc) is 2.31. The molecule has 0 bridgehead atoms. The van der Waals surface area contributed by atoms with Crippen molar-refractivity contribution in [1.82, 2.24) is 0 Å². The Labute approximate surface area is 103 Å². The van der Waals surface area contributed by atoms with Crippen molar-refractivity contribution in [2.24, 2.45) is 0 Å². The Bertz CT molecular complexity index is 426. The molecule has 0 saturated heterocycles. The van der Waals surface area contributed by atoms with Gasteiger partial charge in [0.15, 0.2) is 0 Å². The van der Waals surface area contributed by atoms with E-state index in [1.807, 2.05) is 36.4 Å². The standard InChI is InChI=1S/C13H11IO/c14-10-15-13-9-5-4-8-12(13)11-6-2-1-3-7-11/h1-9H,10H2. The summed E-state index contributed by atoms with van der Waals surface area (Å²) in [6, 6.07) is 18.4. The molecule has 0 aromatic heterocycles. The average molecular weight is 310 g/mol. The second kappa shape index (κ2) is 5.16. The normalized spacial score (nSPS) is 9.93. The summed E-state index contributed by atoms with van der Waals surface area (Å²) in [7, 11) is 0. The van der Waals surface area contributed by atoms with E-state index < -0.39 is 0 Å². The van der Waals surface area contributed by atoms with Gasteiger partial charge in [0.05, 0.1) is 0 Å². The molecule has 0 atom stereocenters. The van der Waals surface area contributed by atoms with Gasteiger partial charge in [-0.3, -0.25) is 0 Å². The van der Waals surface area contributed by atoms with E-state index in [-0.39, 0.29) is 0 Å². The van der Waals surface area contributed by atoms with Crippen molar-refractivity contribution in [3.8, 4) is 16.9 Å². The zero-order valence-electron chi connectivity index (χ0n) is 8.19. The van der Waals surface area contributed by atoms with Crippen molar-refractivity contribution in [2.45, 2.75) is 0 Å². The van der Waals surface area contributed by atoms with Crippen LogP contribution in [-0.4, -0.2) is 4.61 Å². The van der Waals surface area contributed by atoms with E-state index in [0.29, 0.717) is 4.61 Å². The van der Waals surface area contributed by atoms with Crippen LogP contribution < -0.4 is 4.74 Å². The second-order valence-corrected chi connectivity index (χ2v) is 3.74. The summed E-state index contributed by atoms with van der Waals surface area (Å²) >= 11 is 2.20. The van der Waals surface area contributed by atoms with Gasteiger partial charge in [-0.05, 0) is 34.2 Å². The van der Waals surface area contributed by atoms with Crippen LogP contribution in [0.4, 0.5) is 0 Å². The molecular formula is C13H11IO. The highest BCUT2D eigenvalue weighted by Gasteiger charge is 2.03. The molecule has 0 saturated carbocycles. The Balaban J connectivity index is 2.43. The molecule has 1 nitrogen and oxygen atoms in total. The first-order valence-corrected chi connectivity index (χ1v) is 6.27. The molecule has 2 aromatic carbocycles. The molecule has 0 radical (unpaired) electrons. The monoisotopic (exact) mass is 310 g/mol. The highest BCUT2D eigenvalue weighted by atomic mass is 127. The van der Waals surface area contributed by atoms with Crippen LogP contribution in [0, 0.1) is 0 Å². The van der Waals surface area contributed by atoms with Gasteiger partial charge in [0, 0.05) is 5.56 Å². The zero-order valence-corrected chi connectivity index (χ0v) is 10.3. The van der Waals surface area contributed by atoms with Crippen LogP contribution in [-0.2, 0) is 0 Å². The van der Waals surface area contributed by atoms with Gasteiger partial charge in [0.2, 0.25) is 0 Å². The lowest BCUT2D eigenvalue weighted by molar-refractivity contribution is 0.406. The summed E-state index contributed by atoms with van der Waals surface area (Å²) in [4.78, 5) is 0. The molecule has 15 heavy (non-hydrogen) atoms. The lowest BCUT2D eigenvalue weighted by Crippen LogP contribution is -1.91. The number of rotatable bonds is 3. The first kappa shape index (κ1) is 10.5. The van der Waals surface area contributed by atoms with E-state index in [0.717, 1.165) is 11.3 Å². The number of para-hydroxylation sites is 1. The lowest BCUT2D eigenvalue weighted by atomic mass is 10.1. The highest BCUT2D eigenvalue weighted by molar-refractivity contribution is 14.1. The van der Waals surface area contributed by atoms with Crippen LogP contribution in [0.1, 0.15) is 0 Å². The highest BCUT2D eigenvalue weighted by Crippen LogP contribution is 2.29. The van der Waals surface area contributed by atoms with Crippen LogP contribution in [0.2, 0.25) is 0 Å². The second-order valence-electron chi connectivity index (χ2n) is 3.12. The van der Waals surface area contributed by atoms with Gasteiger partial charge in [-0.1, -0.05) is 48.5 Å². The molecule has 0 unspecified atom stereocenters. The minimum atomic E-state index is 0.668. The lowest BCUT2D eigenvalue weighted by Gasteiger charge is -2.08. The van der Waals surface area contributed by atoms with E-state index in [1.54, 1.807) is 0 Å². The van der Waals surface area contributed by atoms with Crippen LogP contribution in [0.5, 0.6) is 5.75 Å². The smallest absolute Gasteiger partial charge is 0.139 e. The van der Waals surface area contributed by atoms with Gasteiger partial charge in [-0.25, -0.2) is 0 Å².